The summed E-state index contributed by atoms with van der Waals surface area (Å²) in [7, 11) is 0. The summed E-state index contributed by atoms with van der Waals surface area (Å²) in [5.41, 5.74) is 5.35. The fourth-order valence-electron chi connectivity index (χ4n) is 5.11. The van der Waals surface area contributed by atoms with Crippen LogP contribution in [0.5, 0.6) is 0 Å². The Bertz CT molecular complexity index is 1290. The Morgan fingerprint density at radius 2 is 1.57 bits per heavy atom. The number of hydrogen-bond acceptors (Lipinski definition) is 4. The van der Waals surface area contributed by atoms with Crippen molar-refractivity contribution < 1.29 is 14.7 Å². The van der Waals surface area contributed by atoms with E-state index in [9.17, 15) is 14.7 Å². The van der Waals surface area contributed by atoms with Crippen LogP contribution in [0.25, 0.3) is 5.76 Å². The average molecular weight is 467 g/mol. The number of ketones is 1. The molecule has 5 nitrogen and oxygen atoms in total. The Hall–Kier alpha value is -3.86. The van der Waals surface area contributed by atoms with Gasteiger partial charge in [-0.25, -0.2) is 0 Å². The first kappa shape index (κ1) is 22.9. The Balaban J connectivity index is 1.62. The van der Waals surface area contributed by atoms with Crippen LogP contribution in [-0.4, -0.2) is 29.9 Å². The van der Waals surface area contributed by atoms with E-state index in [-0.39, 0.29) is 11.3 Å². The lowest BCUT2D eigenvalue weighted by atomic mass is 9.94. The van der Waals surface area contributed by atoms with Gasteiger partial charge in [0.05, 0.1) is 11.6 Å². The van der Waals surface area contributed by atoms with Gasteiger partial charge in [-0.2, -0.15) is 0 Å². The predicted octanol–water partition coefficient (Wildman–Crippen LogP) is 5.78. The number of aliphatic hydroxyl groups is 1. The van der Waals surface area contributed by atoms with Crippen LogP contribution < -0.4 is 9.80 Å². The second-order valence-corrected chi connectivity index (χ2v) is 9.34. The number of benzene rings is 3. The van der Waals surface area contributed by atoms with Crippen LogP contribution in [0.4, 0.5) is 11.4 Å². The number of Topliss-reactive ketones (excluding diaryl/α,β-unsaturated/α-hetero) is 1. The topological polar surface area (TPSA) is 60.9 Å². The molecule has 0 aromatic heterocycles. The van der Waals surface area contributed by atoms with Gasteiger partial charge < -0.3 is 10.0 Å². The Labute approximate surface area is 206 Å². The van der Waals surface area contributed by atoms with Crippen LogP contribution >= 0.6 is 0 Å². The Kier molecular flexibility index (Phi) is 6.16. The van der Waals surface area contributed by atoms with Crippen molar-refractivity contribution in [2.45, 2.75) is 39.2 Å². The quantitative estimate of drug-likeness (QED) is 0.294. The van der Waals surface area contributed by atoms with E-state index in [2.05, 4.69) is 11.8 Å². The molecule has 0 saturated carbocycles. The molecular weight excluding hydrogens is 436 g/mol. The molecule has 1 atom stereocenters. The van der Waals surface area contributed by atoms with E-state index in [1.165, 1.54) is 17.7 Å². The SMILES string of the molecule is CCc1ccc(/C(O)=C2\C(=O)C(=O)N(c3ccc(N4CCCC4)cc3)C2c2cccc(C)c2)cc1. The van der Waals surface area contributed by atoms with Gasteiger partial charge in [0.15, 0.2) is 0 Å². The van der Waals surface area contributed by atoms with Crippen LogP contribution in [0.1, 0.15) is 48.1 Å². The van der Waals surface area contributed by atoms with Crippen molar-refractivity contribution in [2.75, 3.05) is 22.9 Å². The first-order chi connectivity index (χ1) is 17.0. The van der Waals surface area contributed by atoms with Gasteiger partial charge >= 0.3 is 0 Å². The number of carbonyl (C=O) groups excluding carboxylic acids is 2. The second-order valence-electron chi connectivity index (χ2n) is 9.34. The summed E-state index contributed by atoms with van der Waals surface area (Å²) < 4.78 is 0. The highest BCUT2D eigenvalue weighted by molar-refractivity contribution is 6.51. The van der Waals surface area contributed by atoms with Crippen molar-refractivity contribution in [3.05, 3.63) is 101 Å². The normalized spacial score (nSPS) is 19.5. The summed E-state index contributed by atoms with van der Waals surface area (Å²) in [4.78, 5) is 30.6. The molecule has 0 aliphatic carbocycles. The number of nitrogens with zero attached hydrogens (tertiary/aromatic N) is 2. The third-order valence-electron chi connectivity index (χ3n) is 7.04. The van der Waals surface area contributed by atoms with Gasteiger partial charge in [-0.3, -0.25) is 14.5 Å². The fraction of sp³-hybridized carbons (Fsp3) is 0.267. The molecule has 2 aliphatic heterocycles. The monoisotopic (exact) mass is 466 g/mol. The first-order valence-electron chi connectivity index (χ1n) is 12.3. The number of rotatable bonds is 5. The maximum atomic E-state index is 13.4. The second kappa shape index (κ2) is 9.41. The van der Waals surface area contributed by atoms with Crippen molar-refractivity contribution in [2.24, 2.45) is 0 Å². The molecule has 1 unspecified atom stereocenters. The van der Waals surface area contributed by atoms with Crippen LogP contribution in [0.2, 0.25) is 0 Å². The number of amides is 1. The zero-order valence-electron chi connectivity index (χ0n) is 20.2. The maximum Gasteiger partial charge on any atom is 0.300 e. The third-order valence-corrected chi connectivity index (χ3v) is 7.04. The standard InChI is InChI=1S/C30H30N2O3/c1-3-21-9-11-22(12-10-21)28(33)26-27(23-8-6-7-20(2)19-23)32(30(35)29(26)34)25-15-13-24(14-16-25)31-17-4-5-18-31/h6-16,19,27,33H,3-5,17-18H2,1-2H3/b28-26+. The van der Waals surface area contributed by atoms with E-state index in [1.807, 2.05) is 67.6 Å². The van der Waals surface area contributed by atoms with Gasteiger partial charge in [0.2, 0.25) is 0 Å². The summed E-state index contributed by atoms with van der Waals surface area (Å²) in [6.07, 6.45) is 3.24. The van der Waals surface area contributed by atoms with Crippen molar-refractivity contribution in [3.63, 3.8) is 0 Å². The molecule has 0 radical (unpaired) electrons. The van der Waals surface area contributed by atoms with Gasteiger partial charge in [-0.05, 0) is 61.6 Å². The van der Waals surface area contributed by atoms with Crippen molar-refractivity contribution >= 4 is 28.8 Å². The van der Waals surface area contributed by atoms with Crippen molar-refractivity contribution in [3.8, 4) is 0 Å². The average Bonchev–Trinajstić information content (AvgIpc) is 3.51. The molecule has 5 heteroatoms. The summed E-state index contributed by atoms with van der Waals surface area (Å²) >= 11 is 0. The molecule has 2 saturated heterocycles. The number of anilines is 2. The molecule has 35 heavy (non-hydrogen) atoms. The molecular formula is C30H30N2O3. The van der Waals surface area contributed by atoms with Gasteiger partial charge in [-0.1, -0.05) is 61.0 Å². The number of aliphatic hydroxyl groups excluding tert-OH is 1. The van der Waals surface area contributed by atoms with Gasteiger partial charge in [0.1, 0.15) is 5.76 Å². The lowest BCUT2D eigenvalue weighted by Crippen LogP contribution is -2.29. The van der Waals surface area contributed by atoms with Gasteiger partial charge in [-0.15, -0.1) is 0 Å². The molecule has 2 aliphatic rings. The van der Waals surface area contributed by atoms with Gasteiger partial charge in [0.25, 0.3) is 11.7 Å². The highest BCUT2D eigenvalue weighted by Crippen LogP contribution is 2.42. The zero-order valence-corrected chi connectivity index (χ0v) is 20.2. The molecule has 178 valence electrons. The van der Waals surface area contributed by atoms with E-state index in [0.29, 0.717) is 11.3 Å². The predicted molar refractivity (Wildman–Crippen MR) is 140 cm³/mol. The maximum absolute atomic E-state index is 13.4. The lowest BCUT2D eigenvalue weighted by Gasteiger charge is -2.26. The highest BCUT2D eigenvalue weighted by Gasteiger charge is 2.47. The molecule has 0 bridgehead atoms. The molecule has 1 amide bonds. The molecule has 2 fully saturated rings. The minimum Gasteiger partial charge on any atom is -0.507 e. The largest absolute Gasteiger partial charge is 0.507 e. The molecule has 3 aromatic rings. The number of carbonyl (C=O) groups is 2. The van der Waals surface area contributed by atoms with Crippen LogP contribution in [-0.2, 0) is 16.0 Å². The molecule has 5 rings (SSSR count). The Morgan fingerprint density at radius 1 is 0.914 bits per heavy atom. The van der Waals surface area contributed by atoms with Crippen LogP contribution in [0, 0.1) is 6.92 Å². The fourth-order valence-corrected chi connectivity index (χ4v) is 5.11. The minimum atomic E-state index is -0.710. The molecule has 1 N–H and O–H groups in total. The zero-order chi connectivity index (χ0) is 24.5. The molecule has 2 heterocycles. The van der Waals surface area contributed by atoms with Gasteiger partial charge in [0, 0.05) is 30.0 Å². The van der Waals surface area contributed by atoms with E-state index < -0.39 is 17.7 Å². The first-order valence-corrected chi connectivity index (χ1v) is 12.3. The smallest absolute Gasteiger partial charge is 0.300 e. The summed E-state index contributed by atoms with van der Waals surface area (Å²) in [6, 6.07) is 22.4. The third kappa shape index (κ3) is 4.23. The van der Waals surface area contributed by atoms with E-state index in [0.717, 1.165) is 41.9 Å². The van der Waals surface area contributed by atoms with Crippen molar-refractivity contribution in [1.82, 2.24) is 0 Å². The number of aryl methyl sites for hydroxylation is 2. The molecule has 3 aromatic carbocycles. The lowest BCUT2D eigenvalue weighted by molar-refractivity contribution is -0.132. The minimum absolute atomic E-state index is 0.119. The van der Waals surface area contributed by atoms with Crippen LogP contribution in [0.3, 0.4) is 0 Å². The number of hydrogen-bond donors (Lipinski definition) is 1. The van der Waals surface area contributed by atoms with Crippen LogP contribution in [0.15, 0.2) is 78.4 Å². The summed E-state index contributed by atoms with van der Waals surface area (Å²) in [6.45, 7) is 6.10. The summed E-state index contributed by atoms with van der Waals surface area (Å²) in [5.74, 6) is -1.44. The molecule has 0 spiro atoms. The highest BCUT2D eigenvalue weighted by atomic mass is 16.3. The van der Waals surface area contributed by atoms with Crippen molar-refractivity contribution in [1.29, 1.82) is 0 Å². The van der Waals surface area contributed by atoms with E-state index >= 15 is 0 Å². The van der Waals surface area contributed by atoms with E-state index in [4.69, 9.17) is 0 Å². The Morgan fingerprint density at radius 3 is 2.20 bits per heavy atom. The van der Waals surface area contributed by atoms with E-state index in [1.54, 1.807) is 12.1 Å². The summed E-state index contributed by atoms with van der Waals surface area (Å²) in [5, 5.41) is 11.3.